The highest BCUT2D eigenvalue weighted by molar-refractivity contribution is 5.60. The van der Waals surface area contributed by atoms with Crippen LogP contribution in [-0.2, 0) is 0 Å². The molecular weight excluding hydrogens is 184 g/mol. The van der Waals surface area contributed by atoms with Crippen molar-refractivity contribution >= 4 is 0 Å². The van der Waals surface area contributed by atoms with Crippen molar-refractivity contribution in [2.24, 2.45) is 0 Å². The lowest BCUT2D eigenvalue weighted by molar-refractivity contribution is 1.27. The van der Waals surface area contributed by atoms with Gasteiger partial charge in [0.25, 0.3) is 0 Å². The predicted molar refractivity (Wildman–Crippen MR) is 59.1 cm³/mol. The monoisotopic (exact) mass is 197 g/mol. The van der Waals surface area contributed by atoms with Crippen LogP contribution in [0.15, 0.2) is 42.6 Å². The van der Waals surface area contributed by atoms with E-state index in [9.17, 15) is 0 Å². The van der Waals surface area contributed by atoms with Crippen molar-refractivity contribution in [2.75, 3.05) is 0 Å². The quantitative estimate of drug-likeness (QED) is 0.704. The summed E-state index contributed by atoms with van der Waals surface area (Å²) in [6, 6.07) is 12.2. The lowest BCUT2D eigenvalue weighted by Gasteiger charge is -2.00. The third-order valence-corrected chi connectivity index (χ3v) is 2.07. The fraction of sp³-hybridized carbons (Fsp3) is 0.0769. The molecule has 0 aliphatic carbocycles. The van der Waals surface area contributed by atoms with E-state index in [1.807, 2.05) is 6.07 Å². The number of benzene rings is 1. The van der Waals surface area contributed by atoms with Gasteiger partial charge >= 0.3 is 0 Å². The Labute approximate surface area is 93.0 Å². The summed E-state index contributed by atoms with van der Waals surface area (Å²) >= 11 is 0. The minimum Gasteiger partial charge on any atom is -0.256 e. The summed E-state index contributed by atoms with van der Waals surface area (Å²) in [4.78, 5) is 4.13. The molecular formula is C13H10N2. The Morgan fingerprint density at radius 1 is 1.20 bits per heavy atom. The van der Waals surface area contributed by atoms with Crippen LogP contribution in [0.25, 0.3) is 11.3 Å². The second-order valence-electron chi connectivity index (χ2n) is 3.12. The number of aromatic nitrogens is 1. The van der Waals surface area contributed by atoms with Gasteiger partial charge in [0.15, 0.2) is 0 Å². The molecule has 72 valence electrons. The van der Waals surface area contributed by atoms with Gasteiger partial charge in [0.05, 0.1) is 17.3 Å². The van der Waals surface area contributed by atoms with Crippen molar-refractivity contribution in [1.82, 2.24) is 4.98 Å². The summed E-state index contributed by atoms with van der Waals surface area (Å²) in [6.07, 6.45) is 1.36. The number of pyridine rings is 1. The number of hydrogen-bond donors (Lipinski definition) is 0. The fourth-order valence-corrected chi connectivity index (χ4v) is 1.28. The van der Waals surface area contributed by atoms with Gasteiger partial charge in [-0.2, -0.15) is 5.26 Å². The average molecular weight is 197 g/mol. The molecule has 15 heavy (non-hydrogen) atoms. The molecule has 2 aromatic rings. The SMILES string of the molecule is [2H]C([2H])([2H])c1ccc(-c2ccc(C#N)cc2)nc1. The highest BCUT2D eigenvalue weighted by Gasteiger charge is 1.98. The van der Waals surface area contributed by atoms with Crippen LogP contribution < -0.4 is 0 Å². The molecule has 0 amide bonds. The van der Waals surface area contributed by atoms with E-state index in [1.165, 1.54) is 6.20 Å². The average Bonchev–Trinajstić information content (AvgIpc) is 2.38. The Balaban J connectivity index is 2.32. The largest absolute Gasteiger partial charge is 0.256 e. The van der Waals surface area contributed by atoms with Crippen molar-refractivity contribution in [3.63, 3.8) is 0 Å². The van der Waals surface area contributed by atoms with Crippen molar-refractivity contribution in [3.05, 3.63) is 53.7 Å². The van der Waals surface area contributed by atoms with Crippen molar-refractivity contribution in [1.29, 1.82) is 5.26 Å². The van der Waals surface area contributed by atoms with Crippen LogP contribution in [0.5, 0.6) is 0 Å². The molecule has 0 N–H and O–H groups in total. The van der Waals surface area contributed by atoms with E-state index in [1.54, 1.807) is 36.4 Å². The first-order valence-electron chi connectivity index (χ1n) is 5.98. The van der Waals surface area contributed by atoms with Gasteiger partial charge in [-0.15, -0.1) is 0 Å². The Bertz CT molecular complexity index is 578. The number of rotatable bonds is 1. The second-order valence-corrected chi connectivity index (χ2v) is 3.12. The third-order valence-electron chi connectivity index (χ3n) is 2.07. The van der Waals surface area contributed by atoms with Gasteiger partial charge in [0, 0.05) is 15.9 Å². The van der Waals surface area contributed by atoms with Gasteiger partial charge < -0.3 is 0 Å². The van der Waals surface area contributed by atoms with Gasteiger partial charge in [-0.3, -0.25) is 4.98 Å². The zero-order chi connectivity index (χ0) is 13.2. The predicted octanol–water partition coefficient (Wildman–Crippen LogP) is 2.93. The maximum absolute atomic E-state index is 8.70. The summed E-state index contributed by atoms with van der Waals surface area (Å²) in [6.45, 7) is -2.13. The molecule has 0 aliphatic rings. The minimum absolute atomic E-state index is 0.222. The van der Waals surface area contributed by atoms with Crippen LogP contribution in [0.2, 0.25) is 0 Å². The van der Waals surface area contributed by atoms with Crippen LogP contribution >= 0.6 is 0 Å². The van der Waals surface area contributed by atoms with Gasteiger partial charge in [-0.1, -0.05) is 18.2 Å². The summed E-state index contributed by atoms with van der Waals surface area (Å²) in [7, 11) is 0. The van der Waals surface area contributed by atoms with Gasteiger partial charge in [-0.05, 0) is 30.6 Å². The molecule has 0 saturated carbocycles. The molecule has 0 atom stereocenters. The zero-order valence-electron chi connectivity index (χ0n) is 10.9. The fourth-order valence-electron chi connectivity index (χ4n) is 1.28. The lowest BCUT2D eigenvalue weighted by Crippen LogP contribution is -1.84. The van der Waals surface area contributed by atoms with Crippen LogP contribution in [0.4, 0.5) is 0 Å². The van der Waals surface area contributed by atoms with E-state index < -0.39 is 6.85 Å². The molecule has 2 nitrogen and oxygen atoms in total. The molecule has 0 radical (unpaired) electrons. The zero-order valence-corrected chi connectivity index (χ0v) is 7.94. The Morgan fingerprint density at radius 2 is 2.00 bits per heavy atom. The lowest BCUT2D eigenvalue weighted by atomic mass is 10.1. The van der Waals surface area contributed by atoms with Crippen molar-refractivity contribution in [3.8, 4) is 17.3 Å². The standard InChI is InChI=1S/C13H10N2/c1-10-2-7-13(15-9-10)12-5-3-11(8-14)4-6-12/h2-7,9H,1H3/i1D3. The molecule has 0 spiro atoms. The first-order valence-corrected chi connectivity index (χ1v) is 4.48. The number of hydrogen-bond acceptors (Lipinski definition) is 2. The molecule has 0 aliphatic heterocycles. The van der Waals surface area contributed by atoms with Crippen LogP contribution in [0.1, 0.15) is 15.2 Å². The van der Waals surface area contributed by atoms with E-state index in [4.69, 9.17) is 9.37 Å². The molecule has 0 bridgehead atoms. The molecule has 0 saturated heterocycles. The molecule has 1 aromatic heterocycles. The minimum atomic E-state index is -2.13. The Morgan fingerprint density at radius 3 is 2.53 bits per heavy atom. The van der Waals surface area contributed by atoms with Gasteiger partial charge in [0.2, 0.25) is 0 Å². The number of nitriles is 1. The van der Waals surface area contributed by atoms with E-state index in [0.717, 1.165) is 5.56 Å². The molecule has 1 aromatic carbocycles. The second kappa shape index (κ2) is 3.93. The first kappa shape index (κ1) is 6.36. The van der Waals surface area contributed by atoms with Gasteiger partial charge in [0.1, 0.15) is 0 Å². The first-order chi connectivity index (χ1) is 8.50. The summed E-state index contributed by atoms with van der Waals surface area (Å²) < 4.78 is 21.8. The highest BCUT2D eigenvalue weighted by Crippen LogP contribution is 2.17. The highest BCUT2D eigenvalue weighted by atomic mass is 14.7. The normalized spacial score (nSPS) is 13.4. The van der Waals surface area contributed by atoms with Crippen LogP contribution in [0.3, 0.4) is 0 Å². The molecule has 0 fully saturated rings. The molecule has 2 rings (SSSR count). The number of nitrogens with zero attached hydrogens (tertiary/aromatic N) is 2. The smallest absolute Gasteiger partial charge is 0.0991 e. The van der Waals surface area contributed by atoms with E-state index >= 15 is 0 Å². The Kier molecular flexibility index (Phi) is 1.67. The van der Waals surface area contributed by atoms with E-state index in [0.29, 0.717) is 11.3 Å². The Hall–Kier alpha value is -2.14. The van der Waals surface area contributed by atoms with Crippen LogP contribution in [0, 0.1) is 18.2 Å². The maximum Gasteiger partial charge on any atom is 0.0991 e. The van der Waals surface area contributed by atoms with Crippen LogP contribution in [-0.4, -0.2) is 4.98 Å². The maximum atomic E-state index is 8.70. The molecule has 2 heteroatoms. The number of aryl methyl sites for hydroxylation is 1. The van der Waals surface area contributed by atoms with Gasteiger partial charge in [-0.25, -0.2) is 0 Å². The van der Waals surface area contributed by atoms with Crippen molar-refractivity contribution in [2.45, 2.75) is 6.85 Å². The third kappa shape index (κ3) is 2.03. The topological polar surface area (TPSA) is 36.7 Å². The summed E-state index contributed by atoms with van der Waals surface area (Å²) in [5.41, 5.74) is 2.34. The van der Waals surface area contributed by atoms with E-state index in [2.05, 4.69) is 4.98 Å². The summed E-state index contributed by atoms with van der Waals surface area (Å²) in [5, 5.41) is 8.70. The summed E-state index contributed by atoms with van der Waals surface area (Å²) in [5.74, 6) is 0. The van der Waals surface area contributed by atoms with Crippen molar-refractivity contribution < 1.29 is 4.11 Å². The molecule has 0 unspecified atom stereocenters. The molecule has 1 heterocycles. The van der Waals surface area contributed by atoms with E-state index in [-0.39, 0.29) is 5.56 Å².